The minimum absolute atomic E-state index is 0.341. The first-order valence-electron chi connectivity index (χ1n) is 8.46. The monoisotopic (exact) mass is 338 g/mol. The second kappa shape index (κ2) is 7.51. The van der Waals surface area contributed by atoms with Crippen LogP contribution in [0, 0.1) is 18.6 Å². The van der Waals surface area contributed by atoms with Gasteiger partial charge >= 0.3 is 0 Å². The molecule has 128 valence electrons. The van der Waals surface area contributed by atoms with Gasteiger partial charge in [-0.25, -0.2) is 18.7 Å². The fourth-order valence-corrected chi connectivity index (χ4v) is 2.66. The molecular formula is C21H20F2N2. The SMILES string of the molecule is CCCCc1cnc(-c2ccc(-c3ccc(C)c(F)c3)c(F)c2)nc1. The van der Waals surface area contributed by atoms with E-state index in [-0.39, 0.29) is 5.82 Å². The first-order valence-corrected chi connectivity index (χ1v) is 8.46. The van der Waals surface area contributed by atoms with Crippen molar-refractivity contribution in [3.63, 3.8) is 0 Å². The summed E-state index contributed by atoms with van der Waals surface area (Å²) in [6.45, 7) is 3.82. The van der Waals surface area contributed by atoms with Gasteiger partial charge in [-0.15, -0.1) is 0 Å². The lowest BCUT2D eigenvalue weighted by Gasteiger charge is -2.08. The topological polar surface area (TPSA) is 25.8 Å². The first-order chi connectivity index (χ1) is 12.1. The van der Waals surface area contributed by atoms with Crippen LogP contribution in [-0.4, -0.2) is 9.97 Å². The second-order valence-electron chi connectivity index (χ2n) is 6.18. The van der Waals surface area contributed by atoms with Crippen LogP contribution in [0.1, 0.15) is 30.9 Å². The van der Waals surface area contributed by atoms with E-state index in [9.17, 15) is 8.78 Å². The minimum Gasteiger partial charge on any atom is -0.236 e. The van der Waals surface area contributed by atoms with Gasteiger partial charge in [0.05, 0.1) is 0 Å². The molecule has 0 aliphatic carbocycles. The molecule has 4 heteroatoms. The molecule has 0 atom stereocenters. The first kappa shape index (κ1) is 17.2. The van der Waals surface area contributed by atoms with E-state index in [1.54, 1.807) is 43.6 Å². The van der Waals surface area contributed by atoms with Gasteiger partial charge in [-0.1, -0.05) is 37.6 Å². The van der Waals surface area contributed by atoms with Crippen LogP contribution in [0.4, 0.5) is 8.78 Å². The predicted molar refractivity (Wildman–Crippen MR) is 96.2 cm³/mol. The minimum atomic E-state index is -0.417. The number of nitrogens with zero attached hydrogens (tertiary/aromatic N) is 2. The third-order valence-corrected chi connectivity index (χ3v) is 4.23. The lowest BCUT2D eigenvalue weighted by molar-refractivity contribution is 0.617. The Morgan fingerprint density at radius 1 is 0.880 bits per heavy atom. The molecule has 25 heavy (non-hydrogen) atoms. The molecule has 2 nitrogen and oxygen atoms in total. The molecule has 0 amide bonds. The van der Waals surface area contributed by atoms with Gasteiger partial charge in [0.2, 0.25) is 0 Å². The lowest BCUT2D eigenvalue weighted by Crippen LogP contribution is -1.94. The van der Waals surface area contributed by atoms with E-state index in [1.165, 1.54) is 12.1 Å². The summed E-state index contributed by atoms with van der Waals surface area (Å²) in [4.78, 5) is 8.67. The van der Waals surface area contributed by atoms with Crippen molar-refractivity contribution in [2.24, 2.45) is 0 Å². The fourth-order valence-electron chi connectivity index (χ4n) is 2.66. The Hall–Kier alpha value is -2.62. The van der Waals surface area contributed by atoms with Gasteiger partial charge in [0, 0.05) is 23.5 Å². The molecule has 0 aliphatic heterocycles. The van der Waals surface area contributed by atoms with Crippen molar-refractivity contribution in [2.45, 2.75) is 33.1 Å². The number of rotatable bonds is 5. The van der Waals surface area contributed by atoms with Crippen LogP contribution in [-0.2, 0) is 6.42 Å². The van der Waals surface area contributed by atoms with E-state index in [2.05, 4.69) is 16.9 Å². The standard InChI is InChI=1S/C21H20F2N2/c1-3-4-5-15-12-24-21(25-13-15)17-8-9-18(20(23)11-17)16-7-6-14(2)19(22)10-16/h6-13H,3-5H2,1-2H3. The van der Waals surface area contributed by atoms with Crippen LogP contribution < -0.4 is 0 Å². The van der Waals surface area contributed by atoms with E-state index >= 15 is 0 Å². The number of aryl methyl sites for hydroxylation is 2. The molecule has 0 fully saturated rings. The summed E-state index contributed by atoms with van der Waals surface area (Å²) in [5, 5.41) is 0. The van der Waals surface area contributed by atoms with Crippen molar-refractivity contribution in [1.82, 2.24) is 9.97 Å². The van der Waals surface area contributed by atoms with E-state index in [4.69, 9.17) is 0 Å². The quantitative estimate of drug-likeness (QED) is 0.593. The maximum Gasteiger partial charge on any atom is 0.159 e. The maximum absolute atomic E-state index is 14.5. The van der Waals surface area contributed by atoms with Gasteiger partial charge in [-0.3, -0.25) is 0 Å². The van der Waals surface area contributed by atoms with Crippen LogP contribution in [0.2, 0.25) is 0 Å². The summed E-state index contributed by atoms with van der Waals surface area (Å²) in [5.74, 6) is -0.271. The molecule has 1 aromatic heterocycles. The van der Waals surface area contributed by atoms with E-state index in [0.717, 1.165) is 24.8 Å². The maximum atomic E-state index is 14.5. The van der Waals surface area contributed by atoms with Crippen molar-refractivity contribution >= 4 is 0 Å². The number of aromatic nitrogens is 2. The highest BCUT2D eigenvalue weighted by molar-refractivity contribution is 5.68. The molecule has 0 aliphatic rings. The zero-order valence-electron chi connectivity index (χ0n) is 14.4. The van der Waals surface area contributed by atoms with Crippen molar-refractivity contribution in [3.05, 3.63) is 71.6 Å². The summed E-state index contributed by atoms with van der Waals surface area (Å²) in [5.41, 5.74) is 3.11. The van der Waals surface area contributed by atoms with Gasteiger partial charge in [-0.2, -0.15) is 0 Å². The van der Waals surface area contributed by atoms with Gasteiger partial charge in [0.1, 0.15) is 11.6 Å². The number of halogens is 2. The molecule has 0 spiro atoms. The highest BCUT2D eigenvalue weighted by atomic mass is 19.1. The lowest BCUT2D eigenvalue weighted by atomic mass is 10.0. The van der Waals surface area contributed by atoms with Crippen molar-refractivity contribution < 1.29 is 8.78 Å². The molecule has 0 unspecified atom stereocenters. The number of unbranched alkanes of at least 4 members (excludes halogenated alkanes) is 1. The number of benzene rings is 2. The Morgan fingerprint density at radius 3 is 2.20 bits per heavy atom. The highest BCUT2D eigenvalue weighted by Crippen LogP contribution is 2.27. The Labute approximate surface area is 146 Å². The van der Waals surface area contributed by atoms with Crippen molar-refractivity contribution in [2.75, 3.05) is 0 Å². The summed E-state index contributed by atoms with van der Waals surface area (Å²) in [7, 11) is 0. The zero-order valence-corrected chi connectivity index (χ0v) is 14.4. The molecule has 3 rings (SSSR count). The molecular weight excluding hydrogens is 318 g/mol. The molecule has 0 N–H and O–H groups in total. The van der Waals surface area contributed by atoms with E-state index in [1.807, 2.05) is 0 Å². The molecule has 0 bridgehead atoms. The Bertz CT molecular complexity index is 874. The van der Waals surface area contributed by atoms with E-state index in [0.29, 0.717) is 28.1 Å². The average molecular weight is 338 g/mol. The van der Waals surface area contributed by atoms with Gasteiger partial charge in [-0.05, 0) is 48.6 Å². The Kier molecular flexibility index (Phi) is 5.17. The molecule has 0 saturated carbocycles. The number of hydrogen-bond acceptors (Lipinski definition) is 2. The highest BCUT2D eigenvalue weighted by Gasteiger charge is 2.10. The summed E-state index contributed by atoms with van der Waals surface area (Å²) < 4.78 is 28.2. The molecule has 1 heterocycles. The van der Waals surface area contributed by atoms with E-state index < -0.39 is 5.82 Å². The molecule has 2 aromatic carbocycles. The molecule has 3 aromatic rings. The van der Waals surface area contributed by atoms with Crippen LogP contribution >= 0.6 is 0 Å². The van der Waals surface area contributed by atoms with Crippen molar-refractivity contribution in [1.29, 1.82) is 0 Å². The second-order valence-corrected chi connectivity index (χ2v) is 6.18. The van der Waals surface area contributed by atoms with Crippen LogP contribution in [0.3, 0.4) is 0 Å². The Balaban J connectivity index is 1.87. The largest absolute Gasteiger partial charge is 0.236 e. The molecule has 0 saturated heterocycles. The van der Waals surface area contributed by atoms with Crippen LogP contribution in [0.25, 0.3) is 22.5 Å². The average Bonchev–Trinajstić information content (AvgIpc) is 2.63. The Morgan fingerprint density at radius 2 is 1.56 bits per heavy atom. The predicted octanol–water partition coefficient (Wildman–Crippen LogP) is 5.74. The van der Waals surface area contributed by atoms with Crippen molar-refractivity contribution in [3.8, 4) is 22.5 Å². The number of hydrogen-bond donors (Lipinski definition) is 0. The van der Waals surface area contributed by atoms with Gasteiger partial charge in [0.25, 0.3) is 0 Å². The third-order valence-electron chi connectivity index (χ3n) is 4.23. The summed E-state index contributed by atoms with van der Waals surface area (Å²) in [6, 6.07) is 9.52. The van der Waals surface area contributed by atoms with Crippen LogP contribution in [0.5, 0.6) is 0 Å². The van der Waals surface area contributed by atoms with Gasteiger partial charge in [0.15, 0.2) is 5.82 Å². The summed E-state index contributed by atoms with van der Waals surface area (Å²) >= 11 is 0. The van der Waals surface area contributed by atoms with Crippen LogP contribution in [0.15, 0.2) is 48.8 Å². The smallest absolute Gasteiger partial charge is 0.159 e. The fraction of sp³-hybridized carbons (Fsp3) is 0.238. The molecule has 0 radical (unpaired) electrons. The third kappa shape index (κ3) is 3.90. The summed E-state index contributed by atoms with van der Waals surface area (Å²) in [6.07, 6.45) is 6.74. The normalized spacial score (nSPS) is 10.9. The zero-order chi connectivity index (χ0) is 17.8. The van der Waals surface area contributed by atoms with Gasteiger partial charge < -0.3 is 0 Å².